The molecular formula is C55H106O6. The maximum absolute atomic E-state index is 12.8. The first kappa shape index (κ1) is 59.4. The molecule has 3 atom stereocenters. The number of rotatable bonds is 49. The second-order valence-corrected chi connectivity index (χ2v) is 19.4. The Morgan fingerprint density at radius 2 is 0.574 bits per heavy atom. The van der Waals surface area contributed by atoms with Crippen molar-refractivity contribution >= 4 is 17.9 Å². The third-order valence-electron chi connectivity index (χ3n) is 13.2. The van der Waals surface area contributed by atoms with Gasteiger partial charge < -0.3 is 14.2 Å². The van der Waals surface area contributed by atoms with E-state index in [9.17, 15) is 14.4 Å². The Kier molecular flexibility index (Phi) is 46.6. The van der Waals surface area contributed by atoms with E-state index < -0.39 is 6.10 Å². The second kappa shape index (κ2) is 47.9. The average molecular weight is 863 g/mol. The minimum absolute atomic E-state index is 0.0637. The van der Waals surface area contributed by atoms with Gasteiger partial charge in [0.2, 0.25) is 0 Å². The first-order valence-electron chi connectivity index (χ1n) is 27.3. The van der Waals surface area contributed by atoms with E-state index in [4.69, 9.17) is 14.2 Å². The Hall–Kier alpha value is -1.59. The Bertz CT molecular complexity index is 935. The number of carbonyl (C=O) groups is 3. The molecule has 0 fully saturated rings. The van der Waals surface area contributed by atoms with Crippen LogP contribution in [0.15, 0.2) is 0 Å². The summed E-state index contributed by atoms with van der Waals surface area (Å²) in [4.78, 5) is 38.0. The maximum atomic E-state index is 12.8. The van der Waals surface area contributed by atoms with Crippen molar-refractivity contribution in [2.45, 2.75) is 310 Å². The van der Waals surface area contributed by atoms with Crippen LogP contribution in [0.5, 0.6) is 0 Å². The molecule has 6 heteroatoms. The van der Waals surface area contributed by atoms with E-state index in [1.807, 2.05) is 0 Å². The zero-order valence-corrected chi connectivity index (χ0v) is 41.8. The highest BCUT2D eigenvalue weighted by atomic mass is 16.6. The molecule has 61 heavy (non-hydrogen) atoms. The van der Waals surface area contributed by atoms with Crippen LogP contribution < -0.4 is 0 Å². The summed E-state index contributed by atoms with van der Waals surface area (Å²) in [6, 6.07) is 0. The smallest absolute Gasteiger partial charge is 0.306 e. The molecule has 0 heterocycles. The molecule has 0 aromatic carbocycles. The molecule has 362 valence electrons. The molecule has 0 aliphatic rings. The largest absolute Gasteiger partial charge is 0.462 e. The standard InChI is InChI=1S/C55H106O6/c1-6-9-10-11-12-13-14-15-16-17-18-19-20-24-30-35-40-45-53(56)59-48-52(49-60-54(57)46-41-36-31-27-26-29-34-39-44-51(5)8-3)61-55(58)47-42-37-32-25-22-21-23-28-33-38-43-50(4)7-2/h50-52H,6-49H2,1-5H3/t50?,51?,52-/m1/s1. The number of hydrogen-bond donors (Lipinski definition) is 0. The Morgan fingerprint density at radius 1 is 0.328 bits per heavy atom. The van der Waals surface area contributed by atoms with Gasteiger partial charge in [0.25, 0.3) is 0 Å². The van der Waals surface area contributed by atoms with Crippen LogP contribution in [0.4, 0.5) is 0 Å². The number of carbonyl (C=O) groups excluding carboxylic acids is 3. The average Bonchev–Trinajstić information content (AvgIpc) is 3.26. The van der Waals surface area contributed by atoms with Crippen molar-refractivity contribution in [1.82, 2.24) is 0 Å². The zero-order chi connectivity index (χ0) is 44.7. The molecule has 0 N–H and O–H groups in total. The predicted octanol–water partition coefficient (Wildman–Crippen LogP) is 17.7. The van der Waals surface area contributed by atoms with Gasteiger partial charge in [-0.05, 0) is 31.1 Å². The zero-order valence-electron chi connectivity index (χ0n) is 41.8. The van der Waals surface area contributed by atoms with Crippen LogP contribution in [0.3, 0.4) is 0 Å². The third-order valence-corrected chi connectivity index (χ3v) is 13.2. The summed E-state index contributed by atoms with van der Waals surface area (Å²) in [5.74, 6) is 0.869. The molecule has 0 aliphatic carbocycles. The summed E-state index contributed by atoms with van der Waals surface area (Å²) in [5, 5.41) is 0. The highest BCUT2D eigenvalue weighted by Crippen LogP contribution is 2.18. The summed E-state index contributed by atoms with van der Waals surface area (Å²) < 4.78 is 16.8. The molecule has 0 rings (SSSR count). The summed E-state index contributed by atoms with van der Waals surface area (Å²) in [7, 11) is 0. The van der Waals surface area contributed by atoms with Gasteiger partial charge >= 0.3 is 17.9 Å². The number of esters is 3. The molecule has 0 aromatic rings. The summed E-state index contributed by atoms with van der Waals surface area (Å²) in [5.41, 5.74) is 0. The fourth-order valence-corrected chi connectivity index (χ4v) is 8.28. The first-order chi connectivity index (χ1) is 29.8. The van der Waals surface area contributed by atoms with E-state index in [-0.39, 0.29) is 31.1 Å². The lowest BCUT2D eigenvalue weighted by atomic mass is 9.99. The van der Waals surface area contributed by atoms with Gasteiger partial charge in [0.1, 0.15) is 13.2 Å². The molecule has 2 unspecified atom stereocenters. The molecule has 0 bridgehead atoms. The molecule has 0 aliphatic heterocycles. The summed E-state index contributed by atoms with van der Waals surface area (Å²) in [6.45, 7) is 11.4. The summed E-state index contributed by atoms with van der Waals surface area (Å²) in [6.07, 6.45) is 49.4. The fraction of sp³-hybridized carbons (Fsp3) is 0.945. The monoisotopic (exact) mass is 863 g/mol. The van der Waals surface area contributed by atoms with Gasteiger partial charge in [-0.25, -0.2) is 0 Å². The fourth-order valence-electron chi connectivity index (χ4n) is 8.28. The van der Waals surface area contributed by atoms with Gasteiger partial charge in [-0.1, -0.05) is 266 Å². The van der Waals surface area contributed by atoms with Gasteiger partial charge in [-0.2, -0.15) is 0 Å². The van der Waals surface area contributed by atoms with Crippen molar-refractivity contribution in [2.75, 3.05) is 13.2 Å². The Labute approximate surface area is 380 Å². The van der Waals surface area contributed by atoms with E-state index in [0.29, 0.717) is 19.3 Å². The maximum Gasteiger partial charge on any atom is 0.306 e. The van der Waals surface area contributed by atoms with Crippen LogP contribution in [0.1, 0.15) is 304 Å². The number of ether oxygens (including phenoxy) is 3. The van der Waals surface area contributed by atoms with E-state index in [2.05, 4.69) is 34.6 Å². The van der Waals surface area contributed by atoms with Crippen molar-refractivity contribution in [3.05, 3.63) is 0 Å². The minimum atomic E-state index is -0.763. The van der Waals surface area contributed by atoms with Gasteiger partial charge in [-0.15, -0.1) is 0 Å². The lowest BCUT2D eigenvalue weighted by Gasteiger charge is -2.18. The third kappa shape index (κ3) is 46.2. The SMILES string of the molecule is CCCCCCCCCCCCCCCCCCCC(=O)OC[C@H](COC(=O)CCCCCCCCCCC(C)CC)OC(=O)CCCCCCCCCCCCC(C)CC. The molecule has 0 aromatic heterocycles. The van der Waals surface area contributed by atoms with E-state index in [1.165, 1.54) is 193 Å². The topological polar surface area (TPSA) is 78.9 Å². The highest BCUT2D eigenvalue weighted by molar-refractivity contribution is 5.71. The molecular weight excluding hydrogens is 757 g/mol. The van der Waals surface area contributed by atoms with E-state index in [1.54, 1.807) is 0 Å². The first-order valence-corrected chi connectivity index (χ1v) is 27.3. The van der Waals surface area contributed by atoms with Crippen LogP contribution in [-0.2, 0) is 28.6 Å². The van der Waals surface area contributed by atoms with E-state index >= 15 is 0 Å². The van der Waals surface area contributed by atoms with Crippen LogP contribution in [0.25, 0.3) is 0 Å². The van der Waals surface area contributed by atoms with Crippen molar-refractivity contribution in [1.29, 1.82) is 0 Å². The lowest BCUT2D eigenvalue weighted by molar-refractivity contribution is -0.167. The minimum Gasteiger partial charge on any atom is -0.462 e. The van der Waals surface area contributed by atoms with Crippen LogP contribution in [-0.4, -0.2) is 37.2 Å². The molecule has 0 radical (unpaired) electrons. The normalized spacial score (nSPS) is 12.9. The number of hydrogen-bond acceptors (Lipinski definition) is 6. The summed E-state index contributed by atoms with van der Waals surface area (Å²) >= 11 is 0. The quantitative estimate of drug-likeness (QED) is 0.0344. The van der Waals surface area contributed by atoms with Gasteiger partial charge in [0.05, 0.1) is 0 Å². The highest BCUT2D eigenvalue weighted by Gasteiger charge is 2.19. The molecule has 0 amide bonds. The van der Waals surface area contributed by atoms with E-state index in [0.717, 1.165) is 69.6 Å². The molecule has 0 saturated heterocycles. The van der Waals surface area contributed by atoms with Gasteiger partial charge in [0.15, 0.2) is 6.10 Å². The second-order valence-electron chi connectivity index (χ2n) is 19.4. The van der Waals surface area contributed by atoms with Crippen LogP contribution >= 0.6 is 0 Å². The van der Waals surface area contributed by atoms with Crippen molar-refractivity contribution < 1.29 is 28.6 Å². The molecule has 6 nitrogen and oxygen atoms in total. The number of unbranched alkanes of at least 4 members (excludes halogenated alkanes) is 32. The van der Waals surface area contributed by atoms with Crippen LogP contribution in [0.2, 0.25) is 0 Å². The lowest BCUT2D eigenvalue weighted by Crippen LogP contribution is -2.30. The van der Waals surface area contributed by atoms with Crippen molar-refractivity contribution in [2.24, 2.45) is 11.8 Å². The Balaban J connectivity index is 4.31. The van der Waals surface area contributed by atoms with Crippen molar-refractivity contribution in [3.63, 3.8) is 0 Å². The molecule has 0 saturated carbocycles. The van der Waals surface area contributed by atoms with Crippen molar-refractivity contribution in [3.8, 4) is 0 Å². The van der Waals surface area contributed by atoms with Gasteiger partial charge in [0, 0.05) is 19.3 Å². The van der Waals surface area contributed by atoms with Gasteiger partial charge in [-0.3, -0.25) is 14.4 Å². The Morgan fingerprint density at radius 3 is 0.852 bits per heavy atom. The van der Waals surface area contributed by atoms with Crippen LogP contribution in [0, 0.1) is 11.8 Å². The predicted molar refractivity (Wildman–Crippen MR) is 261 cm³/mol. The molecule has 0 spiro atoms.